The third kappa shape index (κ3) is 2.97. The first-order chi connectivity index (χ1) is 8.06. The molecule has 0 atom stereocenters. The Morgan fingerprint density at radius 1 is 1.41 bits per heavy atom. The number of benzene rings is 1. The van der Waals surface area contributed by atoms with Gasteiger partial charge in [0.05, 0.1) is 21.9 Å². The van der Waals surface area contributed by atoms with E-state index in [-0.39, 0.29) is 5.91 Å². The molecule has 0 spiro atoms. The zero-order valence-electron chi connectivity index (χ0n) is 8.83. The number of nitrogens with one attached hydrogen (secondary N) is 1. The molecule has 0 saturated heterocycles. The first-order valence-electron chi connectivity index (χ1n) is 4.75. The highest BCUT2D eigenvalue weighted by molar-refractivity contribution is 7.13. The molecule has 17 heavy (non-hydrogen) atoms. The first-order valence-corrected chi connectivity index (χ1v) is 6.32. The van der Waals surface area contributed by atoms with Crippen LogP contribution in [0.1, 0.15) is 14.7 Å². The Labute approximate surface area is 112 Å². The minimum absolute atomic E-state index is 0.222. The van der Waals surface area contributed by atoms with Crippen molar-refractivity contribution in [2.24, 2.45) is 0 Å². The lowest BCUT2D eigenvalue weighted by Gasteiger charge is -2.05. The summed E-state index contributed by atoms with van der Waals surface area (Å²) in [5.74, 6) is -0.222. The predicted molar refractivity (Wildman–Crippen MR) is 71.3 cm³/mol. The average molecular weight is 287 g/mol. The topological polar surface area (TPSA) is 42.0 Å². The van der Waals surface area contributed by atoms with Crippen molar-refractivity contribution in [2.45, 2.75) is 6.92 Å². The molecular formula is C11H8Cl2N2OS. The average Bonchev–Trinajstić information content (AvgIpc) is 2.69. The van der Waals surface area contributed by atoms with Crippen LogP contribution < -0.4 is 5.32 Å². The maximum absolute atomic E-state index is 11.8. The van der Waals surface area contributed by atoms with E-state index in [0.29, 0.717) is 20.6 Å². The van der Waals surface area contributed by atoms with Gasteiger partial charge in [0.2, 0.25) is 0 Å². The zero-order chi connectivity index (χ0) is 12.4. The fourth-order valence-corrected chi connectivity index (χ4v) is 2.37. The number of amides is 1. The highest BCUT2D eigenvalue weighted by Crippen LogP contribution is 2.26. The number of halogens is 2. The van der Waals surface area contributed by atoms with E-state index < -0.39 is 0 Å². The monoisotopic (exact) mass is 286 g/mol. The molecule has 88 valence electrons. The summed E-state index contributed by atoms with van der Waals surface area (Å²) >= 11 is 13.1. The van der Waals surface area contributed by atoms with Crippen molar-refractivity contribution in [3.8, 4) is 0 Å². The van der Waals surface area contributed by atoms with Gasteiger partial charge >= 0.3 is 0 Å². The minimum Gasteiger partial charge on any atom is -0.320 e. The highest BCUT2D eigenvalue weighted by Gasteiger charge is 2.11. The Kier molecular flexibility index (Phi) is 3.66. The van der Waals surface area contributed by atoms with E-state index in [1.807, 2.05) is 6.92 Å². The molecule has 6 heteroatoms. The number of anilines is 1. The van der Waals surface area contributed by atoms with Crippen LogP contribution in [-0.2, 0) is 0 Å². The van der Waals surface area contributed by atoms with Crippen LogP contribution in [0.4, 0.5) is 5.69 Å². The molecule has 3 nitrogen and oxygen atoms in total. The molecule has 2 aromatic rings. The van der Waals surface area contributed by atoms with Gasteiger partial charge in [-0.15, -0.1) is 11.3 Å². The molecule has 1 N–H and O–H groups in total. The van der Waals surface area contributed by atoms with E-state index >= 15 is 0 Å². The molecular weight excluding hydrogens is 279 g/mol. The SMILES string of the molecule is Cc1ncc(C(=O)Nc2ccc(Cl)cc2Cl)s1. The molecule has 0 aliphatic carbocycles. The van der Waals surface area contributed by atoms with Crippen LogP contribution in [-0.4, -0.2) is 10.9 Å². The smallest absolute Gasteiger partial charge is 0.267 e. The van der Waals surface area contributed by atoms with E-state index in [1.54, 1.807) is 24.4 Å². The van der Waals surface area contributed by atoms with E-state index in [2.05, 4.69) is 10.3 Å². The number of rotatable bonds is 2. The lowest BCUT2D eigenvalue weighted by atomic mass is 10.3. The number of hydrogen-bond donors (Lipinski definition) is 1. The second-order valence-electron chi connectivity index (χ2n) is 3.32. The van der Waals surface area contributed by atoms with Crippen molar-refractivity contribution in [3.63, 3.8) is 0 Å². The number of hydrogen-bond acceptors (Lipinski definition) is 3. The lowest BCUT2D eigenvalue weighted by Crippen LogP contribution is -2.10. The summed E-state index contributed by atoms with van der Waals surface area (Å²) in [6, 6.07) is 4.91. The van der Waals surface area contributed by atoms with Crippen LogP contribution in [0.3, 0.4) is 0 Å². The molecule has 0 radical (unpaired) electrons. The van der Waals surface area contributed by atoms with Gasteiger partial charge < -0.3 is 5.32 Å². The van der Waals surface area contributed by atoms with Crippen LogP contribution in [0, 0.1) is 6.92 Å². The first kappa shape index (κ1) is 12.4. The van der Waals surface area contributed by atoms with Crippen LogP contribution in [0.15, 0.2) is 24.4 Å². The summed E-state index contributed by atoms with van der Waals surface area (Å²) in [6.45, 7) is 1.84. The number of nitrogens with zero attached hydrogens (tertiary/aromatic N) is 1. The molecule has 1 amide bonds. The summed E-state index contributed by atoms with van der Waals surface area (Å²) in [4.78, 5) is 16.4. The summed E-state index contributed by atoms with van der Waals surface area (Å²) in [5.41, 5.74) is 0.534. The molecule has 0 aliphatic rings. The second kappa shape index (κ2) is 5.04. The molecule has 2 rings (SSSR count). The molecule has 1 heterocycles. The quantitative estimate of drug-likeness (QED) is 0.906. The van der Waals surface area contributed by atoms with Crippen LogP contribution in [0.5, 0.6) is 0 Å². The van der Waals surface area contributed by atoms with E-state index in [9.17, 15) is 4.79 Å². The Morgan fingerprint density at radius 3 is 2.76 bits per heavy atom. The Morgan fingerprint density at radius 2 is 2.18 bits per heavy atom. The van der Waals surface area contributed by atoms with Gasteiger partial charge in [-0.05, 0) is 25.1 Å². The van der Waals surface area contributed by atoms with Gasteiger partial charge in [0.1, 0.15) is 4.88 Å². The summed E-state index contributed by atoms with van der Waals surface area (Å²) < 4.78 is 0. The summed E-state index contributed by atoms with van der Waals surface area (Å²) in [6.07, 6.45) is 1.54. The summed E-state index contributed by atoms with van der Waals surface area (Å²) in [7, 11) is 0. The van der Waals surface area contributed by atoms with Gasteiger partial charge in [-0.1, -0.05) is 23.2 Å². The van der Waals surface area contributed by atoms with Crippen LogP contribution >= 0.6 is 34.5 Å². The normalized spacial score (nSPS) is 10.3. The predicted octanol–water partition coefficient (Wildman–Crippen LogP) is 4.01. The van der Waals surface area contributed by atoms with E-state index in [0.717, 1.165) is 5.01 Å². The number of aromatic nitrogens is 1. The van der Waals surface area contributed by atoms with Gasteiger partial charge in [-0.25, -0.2) is 4.98 Å². The number of carbonyl (C=O) groups excluding carboxylic acids is 1. The van der Waals surface area contributed by atoms with Gasteiger partial charge in [-0.2, -0.15) is 0 Å². The maximum atomic E-state index is 11.8. The molecule has 0 bridgehead atoms. The van der Waals surface area contributed by atoms with Gasteiger partial charge in [0, 0.05) is 5.02 Å². The Bertz CT molecular complexity index is 568. The Balaban J connectivity index is 2.18. The largest absolute Gasteiger partial charge is 0.320 e. The minimum atomic E-state index is -0.222. The van der Waals surface area contributed by atoms with E-state index in [4.69, 9.17) is 23.2 Å². The van der Waals surface area contributed by atoms with Crippen molar-refractivity contribution in [3.05, 3.63) is 44.3 Å². The van der Waals surface area contributed by atoms with Crippen molar-refractivity contribution >= 4 is 46.1 Å². The third-order valence-electron chi connectivity index (χ3n) is 2.02. The number of aryl methyl sites for hydroxylation is 1. The molecule has 0 aliphatic heterocycles. The van der Waals surface area contributed by atoms with Crippen molar-refractivity contribution < 1.29 is 4.79 Å². The van der Waals surface area contributed by atoms with Crippen molar-refractivity contribution in [1.82, 2.24) is 4.98 Å². The fourth-order valence-electron chi connectivity index (χ4n) is 1.24. The van der Waals surface area contributed by atoms with Gasteiger partial charge in [0.25, 0.3) is 5.91 Å². The third-order valence-corrected chi connectivity index (χ3v) is 3.48. The molecule has 0 fully saturated rings. The highest BCUT2D eigenvalue weighted by atomic mass is 35.5. The maximum Gasteiger partial charge on any atom is 0.267 e. The number of thiazole rings is 1. The van der Waals surface area contributed by atoms with Crippen molar-refractivity contribution in [2.75, 3.05) is 5.32 Å². The Hall–Kier alpha value is -1.10. The van der Waals surface area contributed by atoms with Crippen molar-refractivity contribution in [1.29, 1.82) is 0 Å². The fraction of sp³-hybridized carbons (Fsp3) is 0.0909. The molecule has 0 unspecified atom stereocenters. The van der Waals surface area contributed by atoms with Crippen LogP contribution in [0.25, 0.3) is 0 Å². The molecule has 0 saturated carbocycles. The van der Waals surface area contributed by atoms with E-state index in [1.165, 1.54) is 11.3 Å². The van der Waals surface area contributed by atoms with Crippen LogP contribution in [0.2, 0.25) is 10.0 Å². The lowest BCUT2D eigenvalue weighted by molar-refractivity contribution is 0.103. The van der Waals surface area contributed by atoms with Gasteiger partial charge in [0.15, 0.2) is 0 Å². The molecule has 1 aromatic heterocycles. The zero-order valence-corrected chi connectivity index (χ0v) is 11.2. The van der Waals surface area contributed by atoms with Gasteiger partial charge in [-0.3, -0.25) is 4.79 Å². The second-order valence-corrected chi connectivity index (χ2v) is 5.40. The molecule has 1 aromatic carbocycles. The number of carbonyl (C=O) groups is 1. The summed E-state index contributed by atoms with van der Waals surface area (Å²) in [5, 5.41) is 4.49. The standard InChI is InChI=1S/C11H8Cl2N2OS/c1-6-14-5-10(17-6)11(16)15-9-3-2-7(12)4-8(9)13/h2-5H,1H3,(H,15,16).